The van der Waals surface area contributed by atoms with Crippen molar-refractivity contribution >= 4 is 22.2 Å². The van der Waals surface area contributed by atoms with Crippen LogP contribution in [0.3, 0.4) is 0 Å². The number of nitrogens with one attached hydrogen (secondary N) is 1. The fourth-order valence-corrected chi connectivity index (χ4v) is 2.79. The number of halogens is 1. The molecule has 1 N–H and O–H groups in total. The molecule has 2 aromatic rings. The summed E-state index contributed by atoms with van der Waals surface area (Å²) in [5.74, 6) is -0.230. The third-order valence-electron chi connectivity index (χ3n) is 2.92. The van der Waals surface area contributed by atoms with Gasteiger partial charge in [0.1, 0.15) is 5.82 Å². The van der Waals surface area contributed by atoms with E-state index in [0.29, 0.717) is 5.69 Å². The Hall–Kier alpha value is -1.46. The molecule has 0 radical (unpaired) electrons. The Bertz CT molecular complexity index is 553. The van der Waals surface area contributed by atoms with E-state index in [2.05, 4.69) is 17.2 Å². The molecule has 0 saturated carbocycles. The molecule has 0 atom stereocenters. The first-order valence-corrected chi connectivity index (χ1v) is 7.10. The summed E-state index contributed by atoms with van der Waals surface area (Å²) in [5, 5.41) is 4.10. The molecule has 5 heteroatoms. The summed E-state index contributed by atoms with van der Waals surface area (Å²) in [4.78, 5) is 7.51. The quantitative estimate of drug-likeness (QED) is 0.908. The molecule has 0 bridgehead atoms. The highest BCUT2D eigenvalue weighted by Gasteiger charge is 2.14. The summed E-state index contributed by atoms with van der Waals surface area (Å²) in [6.07, 6.45) is 0. The van der Waals surface area contributed by atoms with E-state index in [1.54, 1.807) is 28.4 Å². The van der Waals surface area contributed by atoms with Crippen LogP contribution in [0.4, 0.5) is 15.2 Å². The van der Waals surface area contributed by atoms with Crippen LogP contribution < -0.4 is 10.2 Å². The minimum Gasteiger partial charge on any atom is -0.318 e. The van der Waals surface area contributed by atoms with Gasteiger partial charge in [0.15, 0.2) is 5.13 Å². The van der Waals surface area contributed by atoms with Gasteiger partial charge in [-0.05, 0) is 25.6 Å². The van der Waals surface area contributed by atoms with E-state index < -0.39 is 0 Å². The predicted octanol–water partition coefficient (Wildman–Crippen LogP) is 3.47. The van der Waals surface area contributed by atoms with Gasteiger partial charge in [0.05, 0.1) is 11.4 Å². The lowest BCUT2D eigenvalue weighted by atomic mass is 10.3. The standard InChI is InChI=1S/C14H18FN3S/c1-4-16-9-13-10(2)17-14(19-13)18(3)12-8-6-5-7-11(12)15/h5-8,16H,4,9H2,1-3H3. The van der Waals surface area contributed by atoms with Crippen LogP contribution >= 0.6 is 11.3 Å². The zero-order valence-electron chi connectivity index (χ0n) is 11.4. The van der Waals surface area contributed by atoms with Crippen molar-refractivity contribution in [3.63, 3.8) is 0 Å². The van der Waals surface area contributed by atoms with Crippen molar-refractivity contribution in [2.75, 3.05) is 18.5 Å². The Kier molecular flexibility index (Phi) is 4.50. The number of thiazole rings is 1. The number of benzene rings is 1. The molecule has 1 heterocycles. The highest BCUT2D eigenvalue weighted by Crippen LogP contribution is 2.31. The summed E-state index contributed by atoms with van der Waals surface area (Å²) in [6, 6.07) is 6.74. The monoisotopic (exact) mass is 279 g/mol. The van der Waals surface area contributed by atoms with E-state index in [1.165, 1.54) is 10.9 Å². The Labute approximate surface area is 117 Å². The maximum Gasteiger partial charge on any atom is 0.190 e. The van der Waals surface area contributed by atoms with Crippen LogP contribution in [0.1, 0.15) is 17.5 Å². The van der Waals surface area contributed by atoms with Crippen LogP contribution in [-0.4, -0.2) is 18.6 Å². The lowest BCUT2D eigenvalue weighted by Crippen LogP contribution is -2.11. The number of para-hydroxylation sites is 1. The zero-order chi connectivity index (χ0) is 13.8. The van der Waals surface area contributed by atoms with Crippen LogP contribution in [0.5, 0.6) is 0 Å². The van der Waals surface area contributed by atoms with Crippen LogP contribution in [0.15, 0.2) is 24.3 Å². The van der Waals surface area contributed by atoms with Gasteiger partial charge in [-0.15, -0.1) is 0 Å². The number of aryl methyl sites for hydroxylation is 1. The predicted molar refractivity (Wildman–Crippen MR) is 78.7 cm³/mol. The number of aromatic nitrogens is 1. The average Bonchev–Trinajstić information content (AvgIpc) is 2.77. The van der Waals surface area contributed by atoms with Gasteiger partial charge < -0.3 is 10.2 Å². The first kappa shape index (κ1) is 14.0. The Morgan fingerprint density at radius 2 is 2.11 bits per heavy atom. The first-order valence-electron chi connectivity index (χ1n) is 6.28. The number of hydrogen-bond acceptors (Lipinski definition) is 4. The molecular weight excluding hydrogens is 261 g/mol. The smallest absolute Gasteiger partial charge is 0.190 e. The fraction of sp³-hybridized carbons (Fsp3) is 0.357. The molecule has 0 amide bonds. The van der Waals surface area contributed by atoms with E-state index in [-0.39, 0.29) is 5.82 Å². The van der Waals surface area contributed by atoms with E-state index in [0.717, 1.165) is 23.9 Å². The van der Waals surface area contributed by atoms with Crippen molar-refractivity contribution in [1.29, 1.82) is 0 Å². The van der Waals surface area contributed by atoms with Crippen molar-refractivity contribution in [3.05, 3.63) is 40.7 Å². The molecule has 3 nitrogen and oxygen atoms in total. The van der Waals surface area contributed by atoms with Crippen molar-refractivity contribution < 1.29 is 4.39 Å². The van der Waals surface area contributed by atoms with Crippen LogP contribution in [-0.2, 0) is 6.54 Å². The molecule has 0 unspecified atom stereocenters. The van der Waals surface area contributed by atoms with Gasteiger partial charge in [-0.3, -0.25) is 0 Å². The second kappa shape index (κ2) is 6.12. The van der Waals surface area contributed by atoms with Crippen LogP contribution in [0, 0.1) is 12.7 Å². The maximum atomic E-state index is 13.8. The lowest BCUT2D eigenvalue weighted by Gasteiger charge is -2.16. The molecule has 1 aromatic carbocycles. The summed E-state index contributed by atoms with van der Waals surface area (Å²) in [5.41, 5.74) is 1.55. The Morgan fingerprint density at radius 3 is 2.79 bits per heavy atom. The molecule has 0 spiro atoms. The van der Waals surface area contributed by atoms with Gasteiger partial charge in [-0.25, -0.2) is 9.37 Å². The van der Waals surface area contributed by atoms with Gasteiger partial charge in [0.2, 0.25) is 0 Å². The van der Waals surface area contributed by atoms with Crippen LogP contribution in [0.25, 0.3) is 0 Å². The first-order chi connectivity index (χ1) is 9.13. The average molecular weight is 279 g/mol. The molecule has 1 aromatic heterocycles. The largest absolute Gasteiger partial charge is 0.318 e. The van der Waals surface area contributed by atoms with Gasteiger partial charge >= 0.3 is 0 Å². The Balaban J connectivity index is 2.25. The van der Waals surface area contributed by atoms with E-state index in [4.69, 9.17) is 0 Å². The maximum absolute atomic E-state index is 13.8. The topological polar surface area (TPSA) is 28.2 Å². The van der Waals surface area contributed by atoms with Crippen molar-refractivity contribution in [3.8, 4) is 0 Å². The normalized spacial score (nSPS) is 10.7. The van der Waals surface area contributed by atoms with Crippen LogP contribution in [0.2, 0.25) is 0 Å². The third kappa shape index (κ3) is 3.11. The SMILES string of the molecule is CCNCc1sc(N(C)c2ccccc2F)nc1C. The summed E-state index contributed by atoms with van der Waals surface area (Å²) in [7, 11) is 1.84. The van der Waals surface area contributed by atoms with Crippen molar-refractivity contribution in [1.82, 2.24) is 10.3 Å². The molecule has 0 aliphatic heterocycles. The van der Waals surface area contributed by atoms with Crippen molar-refractivity contribution in [2.24, 2.45) is 0 Å². The van der Waals surface area contributed by atoms with E-state index >= 15 is 0 Å². The van der Waals surface area contributed by atoms with E-state index in [1.807, 2.05) is 20.0 Å². The molecule has 19 heavy (non-hydrogen) atoms. The van der Waals surface area contributed by atoms with Crippen molar-refractivity contribution in [2.45, 2.75) is 20.4 Å². The Morgan fingerprint density at radius 1 is 1.37 bits per heavy atom. The number of anilines is 2. The summed E-state index contributed by atoms with van der Waals surface area (Å²) in [6.45, 7) is 5.80. The minimum absolute atomic E-state index is 0.230. The molecule has 102 valence electrons. The minimum atomic E-state index is -0.230. The van der Waals surface area contributed by atoms with E-state index in [9.17, 15) is 4.39 Å². The molecule has 0 saturated heterocycles. The fourth-order valence-electron chi connectivity index (χ4n) is 1.79. The molecule has 0 aliphatic rings. The second-order valence-corrected chi connectivity index (χ2v) is 5.36. The number of hydrogen-bond donors (Lipinski definition) is 1. The zero-order valence-corrected chi connectivity index (χ0v) is 12.2. The van der Waals surface area contributed by atoms with Gasteiger partial charge in [-0.2, -0.15) is 0 Å². The molecular formula is C14H18FN3S. The highest BCUT2D eigenvalue weighted by molar-refractivity contribution is 7.15. The number of rotatable bonds is 5. The second-order valence-electron chi connectivity index (χ2n) is 4.30. The third-order valence-corrected chi connectivity index (χ3v) is 4.15. The van der Waals surface area contributed by atoms with Gasteiger partial charge in [0, 0.05) is 18.5 Å². The van der Waals surface area contributed by atoms with Gasteiger partial charge in [0.25, 0.3) is 0 Å². The molecule has 0 aliphatic carbocycles. The summed E-state index contributed by atoms with van der Waals surface area (Å²) < 4.78 is 13.8. The highest BCUT2D eigenvalue weighted by atomic mass is 32.1. The summed E-state index contributed by atoms with van der Waals surface area (Å²) >= 11 is 1.60. The molecule has 0 fully saturated rings. The lowest BCUT2D eigenvalue weighted by molar-refractivity contribution is 0.627. The number of nitrogens with zero attached hydrogens (tertiary/aromatic N) is 2. The molecule has 2 rings (SSSR count). The van der Waals surface area contributed by atoms with Gasteiger partial charge in [-0.1, -0.05) is 30.4 Å².